The van der Waals surface area contributed by atoms with Crippen LogP contribution in [0.2, 0.25) is 0 Å². The van der Waals surface area contributed by atoms with Crippen LogP contribution in [0.15, 0.2) is 48.5 Å². The summed E-state index contributed by atoms with van der Waals surface area (Å²) < 4.78 is 0. The lowest BCUT2D eigenvalue weighted by Crippen LogP contribution is -2.57. The van der Waals surface area contributed by atoms with Crippen LogP contribution in [-0.2, 0) is 16.0 Å². The van der Waals surface area contributed by atoms with Gasteiger partial charge in [-0.25, -0.2) is 0 Å². The van der Waals surface area contributed by atoms with Gasteiger partial charge in [-0.1, -0.05) is 64.1 Å². The molecule has 8 nitrogen and oxygen atoms in total. The third kappa shape index (κ3) is 6.13. The number of aliphatic hydroxyl groups excluding tert-OH is 1. The van der Waals surface area contributed by atoms with E-state index in [0.29, 0.717) is 24.2 Å². The Labute approximate surface area is 219 Å². The summed E-state index contributed by atoms with van der Waals surface area (Å²) in [6.45, 7) is 10.4. The monoisotopic (exact) mass is 510 g/mol. The first kappa shape index (κ1) is 28.2. The summed E-state index contributed by atoms with van der Waals surface area (Å²) in [7, 11) is 0. The maximum absolute atomic E-state index is 13.8. The fraction of sp³-hybridized carbons (Fsp3) is 0.483. The molecule has 0 bridgehead atoms. The molecule has 5 N–H and O–H groups in total. The summed E-state index contributed by atoms with van der Waals surface area (Å²) in [5.41, 5.74) is 1.19. The first-order chi connectivity index (χ1) is 17.5. The van der Waals surface area contributed by atoms with Gasteiger partial charge in [-0.2, -0.15) is 0 Å². The molecule has 200 valence electrons. The first-order valence-corrected chi connectivity index (χ1v) is 12.9. The van der Waals surface area contributed by atoms with E-state index in [1.165, 1.54) is 4.90 Å². The van der Waals surface area contributed by atoms with Gasteiger partial charge in [0, 0.05) is 19.2 Å². The maximum atomic E-state index is 13.8. The van der Waals surface area contributed by atoms with Crippen molar-refractivity contribution in [3.8, 4) is 5.75 Å². The van der Waals surface area contributed by atoms with Gasteiger partial charge >= 0.3 is 0 Å². The van der Waals surface area contributed by atoms with E-state index in [9.17, 15) is 19.5 Å². The van der Waals surface area contributed by atoms with Crippen molar-refractivity contribution in [1.82, 2.24) is 15.5 Å². The molecule has 1 aliphatic heterocycles. The second kappa shape index (κ2) is 11.8. The van der Waals surface area contributed by atoms with Gasteiger partial charge < -0.3 is 25.7 Å². The average Bonchev–Trinajstić information content (AvgIpc) is 3.11. The van der Waals surface area contributed by atoms with Crippen LogP contribution >= 0.6 is 0 Å². The van der Waals surface area contributed by atoms with Crippen molar-refractivity contribution < 1.29 is 24.6 Å². The van der Waals surface area contributed by atoms with Gasteiger partial charge in [-0.15, -0.1) is 0 Å². The number of likely N-dealkylation sites (tertiary alicyclic amines) is 1. The number of hydrogen-bond donors (Lipinski definition) is 3. The van der Waals surface area contributed by atoms with Crippen molar-refractivity contribution in [2.45, 2.75) is 65.6 Å². The van der Waals surface area contributed by atoms with Crippen LogP contribution in [0.4, 0.5) is 0 Å². The van der Waals surface area contributed by atoms with Gasteiger partial charge in [0.05, 0.1) is 17.2 Å². The predicted octanol–water partition coefficient (Wildman–Crippen LogP) is 2.53. The Hall–Kier alpha value is -3.39. The molecular formula is C29H40N3O5+. The summed E-state index contributed by atoms with van der Waals surface area (Å²) in [6.07, 6.45) is -0.570. The van der Waals surface area contributed by atoms with Gasteiger partial charge in [-0.3, -0.25) is 14.4 Å². The summed E-state index contributed by atoms with van der Waals surface area (Å²) in [4.78, 5) is 41.6. The lowest BCUT2D eigenvalue weighted by atomic mass is 9.77. The number of carbonyl (C=O) groups is 3. The van der Waals surface area contributed by atoms with Crippen molar-refractivity contribution in [2.75, 3.05) is 13.1 Å². The summed E-state index contributed by atoms with van der Waals surface area (Å²) in [5.74, 6) is -1.01. The Morgan fingerprint density at radius 1 is 1.14 bits per heavy atom. The van der Waals surface area contributed by atoms with Crippen LogP contribution in [0.1, 0.15) is 55.6 Å². The largest absolute Gasteiger partial charge is 0.593 e. The SMILES string of the molecule is CCCNC(=O)[C@H]1N(C(=O)[C@@H](O)[C@H](Cc2ccccc2)NC(=O)c2cccc([OH2+])c2C)C[C@@H](C)C1(C)C. The lowest BCUT2D eigenvalue weighted by molar-refractivity contribution is -0.148. The van der Waals surface area contributed by atoms with Crippen molar-refractivity contribution in [1.29, 1.82) is 0 Å². The van der Waals surface area contributed by atoms with Crippen molar-refractivity contribution >= 4 is 17.7 Å². The molecule has 0 aliphatic carbocycles. The molecule has 0 spiro atoms. The zero-order valence-corrected chi connectivity index (χ0v) is 22.4. The standard InChI is InChI=1S/C29H39N3O5/c1-6-15-30-27(36)25-29(4,5)18(2)17-32(25)28(37)24(34)22(16-20-11-8-7-9-12-20)31-26(35)21-13-10-14-23(33)19(21)3/h7-14,18,22,24-25,33-34H,6,15-17H2,1-5H3,(H,30,36)(H,31,35)/p+1/t18-,22+,24+,25-/m1/s1. The Balaban J connectivity index is 1.90. The van der Waals surface area contributed by atoms with Crippen LogP contribution in [0.25, 0.3) is 0 Å². The van der Waals surface area contributed by atoms with Crippen molar-refractivity contribution in [3.05, 3.63) is 65.2 Å². The molecule has 1 heterocycles. The molecule has 2 aromatic carbocycles. The number of benzene rings is 2. The second-order valence-corrected chi connectivity index (χ2v) is 10.6. The molecule has 0 saturated carbocycles. The highest BCUT2D eigenvalue weighted by Gasteiger charge is 2.52. The topological polar surface area (TPSA) is 122 Å². The quantitative estimate of drug-likeness (QED) is 0.449. The number of carbonyl (C=O) groups excluding carboxylic acids is 3. The number of aliphatic hydroxyl groups is 1. The van der Waals surface area contributed by atoms with Crippen LogP contribution in [-0.4, -0.2) is 64.1 Å². The fourth-order valence-electron chi connectivity index (χ4n) is 4.93. The van der Waals surface area contributed by atoms with E-state index in [1.807, 2.05) is 58.0 Å². The molecule has 0 radical (unpaired) electrons. The third-order valence-corrected chi connectivity index (χ3v) is 7.67. The molecule has 8 heteroatoms. The number of amides is 3. The number of rotatable bonds is 9. The van der Waals surface area contributed by atoms with Gasteiger partial charge in [0.15, 0.2) is 6.10 Å². The molecule has 0 aromatic heterocycles. The minimum atomic E-state index is -1.56. The van der Waals surface area contributed by atoms with E-state index in [1.54, 1.807) is 25.1 Å². The Bertz CT molecular complexity index is 1120. The Kier molecular flexibility index (Phi) is 8.97. The van der Waals surface area contributed by atoms with Crippen molar-refractivity contribution in [2.24, 2.45) is 11.3 Å². The summed E-state index contributed by atoms with van der Waals surface area (Å²) in [6, 6.07) is 12.5. The van der Waals surface area contributed by atoms with Gasteiger partial charge in [0.1, 0.15) is 6.04 Å². The number of hydrogen-bond acceptors (Lipinski definition) is 4. The predicted molar refractivity (Wildman–Crippen MR) is 143 cm³/mol. The second-order valence-electron chi connectivity index (χ2n) is 10.6. The number of nitrogens with one attached hydrogen (secondary N) is 2. The zero-order chi connectivity index (χ0) is 27.3. The van der Waals surface area contributed by atoms with E-state index in [0.717, 1.165) is 12.0 Å². The highest BCUT2D eigenvalue weighted by atomic mass is 16.3. The smallest absolute Gasteiger partial charge is 0.257 e. The van der Waals surface area contributed by atoms with E-state index in [4.69, 9.17) is 5.11 Å². The molecule has 1 saturated heterocycles. The minimum Gasteiger partial charge on any atom is -0.593 e. The van der Waals surface area contributed by atoms with Gasteiger partial charge in [-0.05, 0) is 42.7 Å². The third-order valence-electron chi connectivity index (χ3n) is 7.67. The van der Waals surface area contributed by atoms with Gasteiger partial charge in [0.2, 0.25) is 5.91 Å². The minimum absolute atomic E-state index is 0.0330. The van der Waals surface area contributed by atoms with E-state index < -0.39 is 35.4 Å². The lowest BCUT2D eigenvalue weighted by Gasteiger charge is -2.34. The molecule has 3 rings (SSSR count). The van der Waals surface area contributed by atoms with Crippen LogP contribution < -0.4 is 10.6 Å². The fourth-order valence-corrected chi connectivity index (χ4v) is 4.93. The molecule has 1 aliphatic rings. The molecule has 2 aromatic rings. The molecule has 37 heavy (non-hydrogen) atoms. The summed E-state index contributed by atoms with van der Waals surface area (Å²) in [5, 5.41) is 25.1. The van der Waals surface area contributed by atoms with Gasteiger partial charge in [0.25, 0.3) is 17.6 Å². The van der Waals surface area contributed by atoms with Crippen LogP contribution in [0.5, 0.6) is 5.75 Å². The maximum Gasteiger partial charge on any atom is 0.257 e. The Morgan fingerprint density at radius 2 is 1.81 bits per heavy atom. The average molecular weight is 511 g/mol. The first-order valence-electron chi connectivity index (χ1n) is 12.9. The normalized spacial score (nSPS) is 20.2. The molecule has 1 fully saturated rings. The number of nitrogens with zero attached hydrogens (tertiary/aromatic N) is 1. The summed E-state index contributed by atoms with van der Waals surface area (Å²) >= 11 is 0. The highest BCUT2D eigenvalue weighted by Crippen LogP contribution is 2.41. The molecular weight excluding hydrogens is 470 g/mol. The molecule has 0 unspecified atom stereocenters. The zero-order valence-electron chi connectivity index (χ0n) is 22.4. The molecule has 4 atom stereocenters. The van der Waals surface area contributed by atoms with Crippen LogP contribution in [0, 0.1) is 18.3 Å². The Morgan fingerprint density at radius 3 is 2.46 bits per heavy atom. The van der Waals surface area contributed by atoms with E-state index >= 15 is 0 Å². The highest BCUT2D eigenvalue weighted by molar-refractivity contribution is 5.97. The van der Waals surface area contributed by atoms with Crippen molar-refractivity contribution in [3.63, 3.8) is 0 Å². The van der Waals surface area contributed by atoms with E-state index in [-0.39, 0.29) is 24.0 Å². The molecule has 3 amide bonds. The van der Waals surface area contributed by atoms with Crippen LogP contribution in [0.3, 0.4) is 0 Å². The van der Waals surface area contributed by atoms with E-state index in [2.05, 4.69) is 10.6 Å².